The van der Waals surface area contributed by atoms with E-state index in [4.69, 9.17) is 5.73 Å². The Bertz CT molecular complexity index is 271. The van der Waals surface area contributed by atoms with Crippen LogP contribution in [0.4, 0.5) is 4.79 Å². The van der Waals surface area contributed by atoms with Crippen molar-refractivity contribution in [1.82, 2.24) is 10.6 Å². The number of carbonyl (C=O) groups is 1. The smallest absolute Gasteiger partial charge is 0.319 e. The zero-order chi connectivity index (χ0) is 10.2. The lowest BCUT2D eigenvalue weighted by Gasteiger charge is -2.33. The molecule has 4 N–H and O–H groups in total. The summed E-state index contributed by atoms with van der Waals surface area (Å²) in [4.78, 5) is 11.2. The lowest BCUT2D eigenvalue weighted by atomic mass is 9.81. The second-order valence-electron chi connectivity index (χ2n) is 4.21. The first-order chi connectivity index (χ1) is 6.69. The molecule has 1 atom stereocenters. The molecule has 1 unspecified atom stereocenters. The van der Waals surface area contributed by atoms with Gasteiger partial charge in [-0.3, -0.25) is 0 Å². The Morgan fingerprint density at radius 1 is 1.50 bits per heavy atom. The molecule has 2 amide bonds. The van der Waals surface area contributed by atoms with E-state index in [2.05, 4.69) is 17.2 Å². The van der Waals surface area contributed by atoms with Crippen molar-refractivity contribution in [1.29, 1.82) is 0 Å². The third-order valence-electron chi connectivity index (χ3n) is 3.51. The zero-order valence-corrected chi connectivity index (χ0v) is 8.31. The van der Waals surface area contributed by atoms with E-state index < -0.39 is 0 Å². The largest absolute Gasteiger partial charge is 0.328 e. The Morgan fingerprint density at radius 3 is 2.57 bits per heavy atom. The standard InChI is InChI=1S/C10H17N3O/c1-7-10(6-11,13-9(14)12-7)8-4-2-3-5-8/h8H,1-6,11H2,(H2,12,13,14). The predicted molar refractivity (Wildman–Crippen MR) is 54.6 cm³/mol. The number of hydrogen-bond donors (Lipinski definition) is 3. The molecule has 1 aliphatic heterocycles. The van der Waals surface area contributed by atoms with Crippen LogP contribution < -0.4 is 16.4 Å². The average molecular weight is 195 g/mol. The second kappa shape index (κ2) is 3.28. The highest BCUT2D eigenvalue weighted by Gasteiger charge is 2.47. The second-order valence-corrected chi connectivity index (χ2v) is 4.21. The summed E-state index contributed by atoms with van der Waals surface area (Å²) in [7, 11) is 0. The number of nitrogens with two attached hydrogens (primary N) is 1. The molecule has 0 radical (unpaired) electrons. The van der Waals surface area contributed by atoms with Gasteiger partial charge in [-0.1, -0.05) is 19.4 Å². The van der Waals surface area contributed by atoms with Crippen LogP contribution >= 0.6 is 0 Å². The first-order valence-corrected chi connectivity index (χ1v) is 5.17. The zero-order valence-electron chi connectivity index (χ0n) is 8.31. The van der Waals surface area contributed by atoms with Gasteiger partial charge < -0.3 is 16.4 Å². The number of amides is 2. The van der Waals surface area contributed by atoms with Gasteiger partial charge in [-0.25, -0.2) is 4.79 Å². The molecule has 1 saturated heterocycles. The molecule has 1 aliphatic carbocycles. The molecule has 0 bridgehead atoms. The fourth-order valence-electron chi connectivity index (χ4n) is 2.67. The van der Waals surface area contributed by atoms with Crippen molar-refractivity contribution >= 4 is 6.03 Å². The molecule has 1 saturated carbocycles. The first kappa shape index (κ1) is 9.52. The first-order valence-electron chi connectivity index (χ1n) is 5.17. The summed E-state index contributed by atoms with van der Waals surface area (Å²) in [5, 5.41) is 5.65. The summed E-state index contributed by atoms with van der Waals surface area (Å²) in [5.74, 6) is 0.457. The average Bonchev–Trinajstić information content (AvgIpc) is 2.73. The van der Waals surface area contributed by atoms with Crippen molar-refractivity contribution in [3.05, 3.63) is 12.3 Å². The van der Waals surface area contributed by atoms with Crippen LogP contribution in [-0.4, -0.2) is 18.1 Å². The molecule has 14 heavy (non-hydrogen) atoms. The molecular formula is C10H17N3O. The summed E-state index contributed by atoms with van der Waals surface area (Å²) >= 11 is 0. The van der Waals surface area contributed by atoms with Gasteiger partial charge in [0.1, 0.15) is 0 Å². The minimum absolute atomic E-state index is 0.160. The van der Waals surface area contributed by atoms with E-state index in [1.165, 1.54) is 12.8 Å². The maximum Gasteiger partial charge on any atom is 0.319 e. The van der Waals surface area contributed by atoms with Gasteiger partial charge >= 0.3 is 6.03 Å². The van der Waals surface area contributed by atoms with Gasteiger partial charge in [0.2, 0.25) is 0 Å². The van der Waals surface area contributed by atoms with Gasteiger partial charge in [0.15, 0.2) is 0 Å². The molecule has 0 aromatic carbocycles. The van der Waals surface area contributed by atoms with Crippen LogP contribution in [0.5, 0.6) is 0 Å². The minimum atomic E-state index is -0.381. The topological polar surface area (TPSA) is 67.2 Å². The Balaban J connectivity index is 2.24. The number of carbonyl (C=O) groups excluding carboxylic acids is 1. The highest BCUT2D eigenvalue weighted by atomic mass is 16.2. The minimum Gasteiger partial charge on any atom is -0.328 e. The number of urea groups is 1. The SMILES string of the molecule is C=C1NC(=O)NC1(CN)C1CCCC1. The maximum atomic E-state index is 11.2. The van der Waals surface area contributed by atoms with Crippen LogP contribution in [-0.2, 0) is 0 Å². The van der Waals surface area contributed by atoms with E-state index in [0.29, 0.717) is 12.5 Å². The molecular weight excluding hydrogens is 178 g/mol. The fourth-order valence-corrected chi connectivity index (χ4v) is 2.67. The summed E-state index contributed by atoms with van der Waals surface area (Å²) in [6.45, 7) is 4.34. The molecule has 0 spiro atoms. The molecule has 2 rings (SSSR count). The van der Waals surface area contributed by atoms with Crippen molar-refractivity contribution in [3.8, 4) is 0 Å². The van der Waals surface area contributed by atoms with Crippen molar-refractivity contribution in [2.45, 2.75) is 31.2 Å². The van der Waals surface area contributed by atoms with Crippen LogP contribution in [0.3, 0.4) is 0 Å². The lowest BCUT2D eigenvalue weighted by molar-refractivity contribution is 0.235. The number of rotatable bonds is 2. The molecule has 2 aliphatic rings. The Hall–Kier alpha value is -1.03. The molecule has 78 valence electrons. The molecule has 4 heteroatoms. The van der Waals surface area contributed by atoms with Gasteiger partial charge in [-0.15, -0.1) is 0 Å². The normalized spacial score (nSPS) is 33.2. The van der Waals surface area contributed by atoms with Gasteiger partial charge in [0.05, 0.1) is 5.54 Å². The van der Waals surface area contributed by atoms with Gasteiger partial charge in [-0.2, -0.15) is 0 Å². The third-order valence-corrected chi connectivity index (χ3v) is 3.51. The van der Waals surface area contributed by atoms with Gasteiger partial charge in [0.25, 0.3) is 0 Å². The highest BCUT2D eigenvalue weighted by molar-refractivity contribution is 5.81. The molecule has 1 heterocycles. The van der Waals surface area contributed by atoms with Crippen LogP contribution in [0.25, 0.3) is 0 Å². The summed E-state index contributed by atoms with van der Waals surface area (Å²) in [6, 6.07) is -0.160. The van der Waals surface area contributed by atoms with E-state index in [9.17, 15) is 4.79 Å². The summed E-state index contributed by atoms with van der Waals surface area (Å²) < 4.78 is 0. The summed E-state index contributed by atoms with van der Waals surface area (Å²) in [6.07, 6.45) is 4.74. The number of nitrogens with one attached hydrogen (secondary N) is 2. The molecule has 4 nitrogen and oxygen atoms in total. The molecule has 0 aromatic heterocycles. The Labute approximate surface area is 83.9 Å². The quantitative estimate of drug-likeness (QED) is 0.607. The van der Waals surface area contributed by atoms with Crippen LogP contribution in [0.1, 0.15) is 25.7 Å². The van der Waals surface area contributed by atoms with E-state index in [-0.39, 0.29) is 11.6 Å². The molecule has 0 aromatic rings. The van der Waals surface area contributed by atoms with E-state index in [0.717, 1.165) is 18.5 Å². The van der Waals surface area contributed by atoms with Crippen molar-refractivity contribution in [3.63, 3.8) is 0 Å². The van der Waals surface area contributed by atoms with Crippen LogP contribution in [0.2, 0.25) is 0 Å². The van der Waals surface area contributed by atoms with E-state index in [1.54, 1.807) is 0 Å². The lowest BCUT2D eigenvalue weighted by Crippen LogP contribution is -2.53. The van der Waals surface area contributed by atoms with Gasteiger partial charge in [0, 0.05) is 12.2 Å². The van der Waals surface area contributed by atoms with E-state index in [1.807, 2.05) is 0 Å². The predicted octanol–water partition coefficient (Wildman–Crippen LogP) is 0.701. The Kier molecular flexibility index (Phi) is 2.23. The van der Waals surface area contributed by atoms with Crippen LogP contribution in [0, 0.1) is 5.92 Å². The molecule has 2 fully saturated rings. The van der Waals surface area contributed by atoms with E-state index >= 15 is 0 Å². The third kappa shape index (κ3) is 1.21. The van der Waals surface area contributed by atoms with Crippen molar-refractivity contribution in [2.24, 2.45) is 11.7 Å². The fraction of sp³-hybridized carbons (Fsp3) is 0.700. The van der Waals surface area contributed by atoms with Gasteiger partial charge in [-0.05, 0) is 18.8 Å². The Morgan fingerprint density at radius 2 is 2.14 bits per heavy atom. The van der Waals surface area contributed by atoms with Crippen LogP contribution in [0.15, 0.2) is 12.3 Å². The number of hydrogen-bond acceptors (Lipinski definition) is 2. The van der Waals surface area contributed by atoms with Crippen molar-refractivity contribution in [2.75, 3.05) is 6.54 Å². The summed E-state index contributed by atoms with van der Waals surface area (Å²) in [5.41, 5.74) is 6.15. The maximum absolute atomic E-state index is 11.2. The monoisotopic (exact) mass is 195 g/mol. The highest BCUT2D eigenvalue weighted by Crippen LogP contribution is 2.38. The van der Waals surface area contributed by atoms with Crippen molar-refractivity contribution < 1.29 is 4.79 Å².